The molecule has 1 amide bonds. The fourth-order valence-electron chi connectivity index (χ4n) is 4.03. The van der Waals surface area contributed by atoms with Crippen molar-refractivity contribution in [2.75, 3.05) is 48.2 Å². The Morgan fingerprint density at radius 3 is 2.08 bits per heavy atom. The number of carbonyl (C=O) groups excluding carboxylic acids is 2. The number of aliphatic hydroxyl groups excluding tert-OH is 1. The van der Waals surface area contributed by atoms with Gasteiger partial charge >= 0.3 is 0 Å². The minimum atomic E-state index is -0.897. The van der Waals surface area contributed by atoms with Gasteiger partial charge in [-0.05, 0) is 47.9 Å². The summed E-state index contributed by atoms with van der Waals surface area (Å²) in [5, 5.41) is 11.3. The maximum Gasteiger partial charge on any atom is 0.295 e. The van der Waals surface area contributed by atoms with Gasteiger partial charge in [0.1, 0.15) is 11.5 Å². The zero-order valence-corrected chi connectivity index (χ0v) is 21.5. The van der Waals surface area contributed by atoms with Gasteiger partial charge in [0.15, 0.2) is 11.5 Å². The summed E-state index contributed by atoms with van der Waals surface area (Å²) >= 11 is 0. The van der Waals surface area contributed by atoms with Crippen molar-refractivity contribution >= 4 is 17.4 Å². The monoisotopic (exact) mass is 499 g/mol. The molecule has 0 aromatic heterocycles. The first kappa shape index (κ1) is 26.9. The number of hydrogen-bond donors (Lipinski definition) is 1. The molecule has 9 nitrogen and oxygen atoms in total. The minimum absolute atomic E-state index is 0.0405. The van der Waals surface area contributed by atoms with Crippen molar-refractivity contribution in [1.82, 2.24) is 4.90 Å². The van der Waals surface area contributed by atoms with E-state index in [1.54, 1.807) is 36.4 Å². The van der Waals surface area contributed by atoms with Crippen LogP contribution in [0.3, 0.4) is 0 Å². The third kappa shape index (κ3) is 5.41. The second kappa shape index (κ2) is 11.8. The van der Waals surface area contributed by atoms with Gasteiger partial charge < -0.3 is 33.7 Å². The van der Waals surface area contributed by atoms with Gasteiger partial charge in [-0.15, -0.1) is 0 Å². The van der Waals surface area contributed by atoms with Crippen molar-refractivity contribution in [1.29, 1.82) is 0 Å². The van der Waals surface area contributed by atoms with E-state index in [1.807, 2.05) is 13.8 Å². The number of Topliss-reactive ketones (excluding diaryl/α,β-unsaturated/α-hetero) is 1. The molecule has 1 aliphatic rings. The second-order valence-corrected chi connectivity index (χ2v) is 8.67. The molecule has 1 saturated heterocycles. The normalized spacial score (nSPS) is 17.0. The van der Waals surface area contributed by atoms with E-state index in [9.17, 15) is 14.7 Å². The van der Waals surface area contributed by atoms with Crippen LogP contribution >= 0.6 is 0 Å². The highest BCUT2D eigenvalue weighted by Crippen LogP contribution is 2.45. The highest BCUT2D eigenvalue weighted by Gasteiger charge is 2.46. The highest BCUT2D eigenvalue weighted by molar-refractivity contribution is 6.46. The van der Waals surface area contributed by atoms with E-state index in [1.165, 1.54) is 33.3 Å². The van der Waals surface area contributed by atoms with Crippen LogP contribution in [0.5, 0.6) is 23.0 Å². The summed E-state index contributed by atoms with van der Waals surface area (Å²) in [6, 6.07) is 9.16. The molecule has 1 atom stereocenters. The van der Waals surface area contributed by atoms with E-state index in [-0.39, 0.29) is 24.5 Å². The number of rotatable bonds is 11. The number of aliphatic hydroxyl groups is 1. The van der Waals surface area contributed by atoms with Gasteiger partial charge in [-0.1, -0.05) is 13.8 Å². The Morgan fingerprint density at radius 1 is 0.972 bits per heavy atom. The van der Waals surface area contributed by atoms with Gasteiger partial charge in [-0.3, -0.25) is 9.59 Å². The largest absolute Gasteiger partial charge is 0.507 e. The van der Waals surface area contributed by atoms with Crippen LogP contribution in [0, 0.1) is 5.92 Å². The summed E-state index contributed by atoms with van der Waals surface area (Å²) in [7, 11) is 5.95. The Balaban J connectivity index is 2.14. The first-order chi connectivity index (χ1) is 17.3. The molecule has 0 spiro atoms. The smallest absolute Gasteiger partial charge is 0.295 e. The van der Waals surface area contributed by atoms with Gasteiger partial charge in [0.05, 0.1) is 46.2 Å². The molecule has 3 rings (SSSR count). The first-order valence-corrected chi connectivity index (χ1v) is 11.6. The quantitative estimate of drug-likeness (QED) is 0.283. The molecule has 0 aliphatic carbocycles. The molecule has 2 aromatic rings. The number of hydrogen-bond acceptors (Lipinski definition) is 8. The zero-order valence-electron chi connectivity index (χ0n) is 21.5. The lowest BCUT2D eigenvalue weighted by atomic mass is 9.94. The van der Waals surface area contributed by atoms with Crippen LogP contribution in [-0.2, 0) is 14.3 Å². The third-order valence-corrected chi connectivity index (χ3v) is 5.79. The third-order valence-electron chi connectivity index (χ3n) is 5.79. The Labute approximate surface area is 211 Å². The molecule has 36 heavy (non-hydrogen) atoms. The van der Waals surface area contributed by atoms with Crippen LogP contribution in [0.15, 0.2) is 42.0 Å². The summed E-state index contributed by atoms with van der Waals surface area (Å²) in [5.74, 6) is 0.275. The first-order valence-electron chi connectivity index (χ1n) is 11.6. The molecule has 2 aromatic carbocycles. The molecule has 0 radical (unpaired) electrons. The van der Waals surface area contributed by atoms with E-state index in [0.29, 0.717) is 46.6 Å². The van der Waals surface area contributed by atoms with Crippen LogP contribution in [0.1, 0.15) is 31.0 Å². The van der Waals surface area contributed by atoms with Gasteiger partial charge in [0.25, 0.3) is 11.7 Å². The lowest BCUT2D eigenvalue weighted by Crippen LogP contribution is -2.32. The topological polar surface area (TPSA) is 104 Å². The van der Waals surface area contributed by atoms with Crippen molar-refractivity contribution in [3.8, 4) is 23.0 Å². The molecule has 0 saturated carbocycles. The Kier molecular flexibility index (Phi) is 8.82. The minimum Gasteiger partial charge on any atom is -0.507 e. The average Bonchev–Trinajstić information content (AvgIpc) is 3.14. The summed E-state index contributed by atoms with van der Waals surface area (Å²) in [6.45, 7) is 4.99. The molecule has 194 valence electrons. The number of likely N-dealkylation sites (tertiary alicyclic amines) is 1. The molecule has 1 heterocycles. The zero-order chi connectivity index (χ0) is 26.4. The van der Waals surface area contributed by atoms with Crippen molar-refractivity contribution in [2.24, 2.45) is 5.92 Å². The fourth-order valence-corrected chi connectivity index (χ4v) is 4.03. The van der Waals surface area contributed by atoms with Crippen molar-refractivity contribution in [3.05, 3.63) is 53.1 Å². The van der Waals surface area contributed by atoms with Crippen LogP contribution < -0.4 is 18.9 Å². The molecular formula is C27H33NO8. The molecule has 1 fully saturated rings. The lowest BCUT2D eigenvalue weighted by molar-refractivity contribution is -0.140. The van der Waals surface area contributed by atoms with E-state index in [4.69, 9.17) is 23.7 Å². The fraction of sp³-hybridized carbons (Fsp3) is 0.407. The number of ketones is 1. The number of methoxy groups -OCH3 is 4. The molecule has 9 heteroatoms. The summed E-state index contributed by atoms with van der Waals surface area (Å²) in [5.41, 5.74) is 0.855. The Hall–Kier alpha value is -3.72. The highest BCUT2D eigenvalue weighted by atomic mass is 16.5. The van der Waals surface area contributed by atoms with Crippen molar-refractivity contribution in [3.63, 3.8) is 0 Å². The number of ether oxygens (including phenoxy) is 5. The second-order valence-electron chi connectivity index (χ2n) is 8.67. The SMILES string of the molecule is COCCN1C(=O)C(=O)C(=C(O)c2ccc(OCC(C)C)cc2)[C@@H]1c1cc(OC)c(OC)c(OC)c1. The predicted octanol–water partition coefficient (Wildman–Crippen LogP) is 3.82. The van der Waals surface area contributed by atoms with Crippen molar-refractivity contribution in [2.45, 2.75) is 19.9 Å². The summed E-state index contributed by atoms with van der Waals surface area (Å²) in [4.78, 5) is 27.6. The Morgan fingerprint density at radius 2 is 1.58 bits per heavy atom. The van der Waals surface area contributed by atoms with E-state index >= 15 is 0 Å². The number of amides is 1. The molecule has 0 unspecified atom stereocenters. The number of carbonyl (C=O) groups is 2. The van der Waals surface area contributed by atoms with Gasteiger partial charge in [-0.2, -0.15) is 0 Å². The van der Waals surface area contributed by atoms with Crippen LogP contribution in [0.4, 0.5) is 0 Å². The number of nitrogens with zero attached hydrogens (tertiary/aromatic N) is 1. The standard InChI is InChI=1S/C27H33NO8/c1-16(2)15-36-19-9-7-17(8-10-19)24(29)22-23(28(11-12-32-3)27(31)25(22)30)18-13-20(33-4)26(35-6)21(14-18)34-5/h7-10,13-14,16,23,29H,11-12,15H2,1-6H3/t23-/m0/s1. The van der Waals surface area contributed by atoms with Crippen molar-refractivity contribution < 1.29 is 38.4 Å². The van der Waals surface area contributed by atoms with E-state index in [0.717, 1.165) is 0 Å². The lowest BCUT2D eigenvalue weighted by Gasteiger charge is -2.26. The van der Waals surface area contributed by atoms with Crippen LogP contribution in [0.2, 0.25) is 0 Å². The summed E-state index contributed by atoms with van der Waals surface area (Å²) < 4.78 is 27.2. The van der Waals surface area contributed by atoms with E-state index < -0.39 is 17.7 Å². The van der Waals surface area contributed by atoms with Gasteiger partial charge in [-0.25, -0.2) is 0 Å². The summed E-state index contributed by atoms with van der Waals surface area (Å²) in [6.07, 6.45) is 0. The molecule has 1 N–H and O–H groups in total. The molecule has 0 bridgehead atoms. The number of benzene rings is 2. The molecule has 1 aliphatic heterocycles. The van der Waals surface area contributed by atoms with Gasteiger partial charge in [0, 0.05) is 19.2 Å². The van der Waals surface area contributed by atoms with Crippen LogP contribution in [0.25, 0.3) is 5.76 Å². The maximum absolute atomic E-state index is 13.2. The van der Waals surface area contributed by atoms with Crippen LogP contribution in [-0.4, -0.2) is 69.9 Å². The van der Waals surface area contributed by atoms with E-state index in [2.05, 4.69) is 0 Å². The van der Waals surface area contributed by atoms with Gasteiger partial charge in [0.2, 0.25) is 5.75 Å². The predicted molar refractivity (Wildman–Crippen MR) is 134 cm³/mol. The average molecular weight is 500 g/mol. The molecular weight excluding hydrogens is 466 g/mol. The Bertz CT molecular complexity index is 1100. The maximum atomic E-state index is 13.2.